The van der Waals surface area contributed by atoms with Crippen molar-refractivity contribution in [3.8, 4) is 0 Å². The summed E-state index contributed by atoms with van der Waals surface area (Å²) >= 11 is 0. The molecule has 0 radical (unpaired) electrons. The van der Waals surface area contributed by atoms with Crippen LogP contribution in [0.15, 0.2) is 0 Å². The van der Waals surface area contributed by atoms with Crippen molar-refractivity contribution in [3.05, 3.63) is 0 Å². The Labute approximate surface area is 103 Å². The van der Waals surface area contributed by atoms with E-state index in [4.69, 9.17) is 4.74 Å². The van der Waals surface area contributed by atoms with Gasteiger partial charge in [0.1, 0.15) is 0 Å². The summed E-state index contributed by atoms with van der Waals surface area (Å²) in [6, 6.07) is 0. The van der Waals surface area contributed by atoms with Gasteiger partial charge in [-0.2, -0.15) is 0 Å². The van der Waals surface area contributed by atoms with Gasteiger partial charge < -0.3 is 15.4 Å². The summed E-state index contributed by atoms with van der Waals surface area (Å²) in [5.41, 5.74) is 0. The van der Waals surface area contributed by atoms with Crippen LogP contribution in [-0.2, 0) is 9.53 Å². The van der Waals surface area contributed by atoms with Crippen molar-refractivity contribution in [1.29, 1.82) is 0 Å². The normalized spacial score (nSPS) is 27.2. The van der Waals surface area contributed by atoms with Crippen LogP contribution in [0, 0.1) is 11.8 Å². The molecule has 2 atom stereocenters. The second-order valence-electron chi connectivity index (χ2n) is 5.28. The maximum absolute atomic E-state index is 11.8. The molecule has 4 heteroatoms. The van der Waals surface area contributed by atoms with Gasteiger partial charge in [0.25, 0.3) is 0 Å². The second-order valence-corrected chi connectivity index (χ2v) is 5.28. The molecule has 2 heterocycles. The van der Waals surface area contributed by atoms with E-state index in [1.165, 1.54) is 12.8 Å². The summed E-state index contributed by atoms with van der Waals surface area (Å²) in [7, 11) is 0. The lowest BCUT2D eigenvalue weighted by Crippen LogP contribution is -2.49. The molecule has 1 amide bonds. The largest absolute Gasteiger partial charge is 0.378 e. The van der Waals surface area contributed by atoms with Crippen molar-refractivity contribution < 1.29 is 9.53 Å². The molecule has 2 saturated heterocycles. The fourth-order valence-corrected chi connectivity index (χ4v) is 2.43. The predicted molar refractivity (Wildman–Crippen MR) is 66.7 cm³/mol. The molecule has 0 saturated carbocycles. The van der Waals surface area contributed by atoms with Gasteiger partial charge in [0.2, 0.25) is 5.91 Å². The Balaban J connectivity index is 1.58. The first kappa shape index (κ1) is 12.8. The number of hydrogen-bond donors (Lipinski definition) is 2. The van der Waals surface area contributed by atoms with Crippen molar-refractivity contribution in [3.63, 3.8) is 0 Å². The van der Waals surface area contributed by atoms with Gasteiger partial charge in [-0.15, -0.1) is 0 Å². The molecule has 2 unspecified atom stereocenters. The summed E-state index contributed by atoms with van der Waals surface area (Å²) in [5, 5.41) is 6.24. The standard InChI is InChI=1S/C13H24N2O2/c1-10(11-8-14-9-11)13(16)15-6-5-12-4-2-3-7-17-12/h10-12,14H,2-9H2,1H3,(H,15,16). The average molecular weight is 240 g/mol. The molecule has 17 heavy (non-hydrogen) atoms. The summed E-state index contributed by atoms with van der Waals surface area (Å²) in [6.07, 6.45) is 4.93. The van der Waals surface area contributed by atoms with Gasteiger partial charge in [0.15, 0.2) is 0 Å². The molecule has 2 fully saturated rings. The van der Waals surface area contributed by atoms with Crippen molar-refractivity contribution in [1.82, 2.24) is 10.6 Å². The van der Waals surface area contributed by atoms with Crippen molar-refractivity contribution >= 4 is 5.91 Å². The van der Waals surface area contributed by atoms with Gasteiger partial charge in [-0.25, -0.2) is 0 Å². The number of carbonyl (C=O) groups excluding carboxylic acids is 1. The van der Waals surface area contributed by atoms with E-state index in [0.29, 0.717) is 12.0 Å². The fraction of sp³-hybridized carbons (Fsp3) is 0.923. The van der Waals surface area contributed by atoms with E-state index in [9.17, 15) is 4.79 Å². The van der Waals surface area contributed by atoms with Crippen molar-refractivity contribution in [2.75, 3.05) is 26.2 Å². The third kappa shape index (κ3) is 3.68. The molecule has 0 spiro atoms. The van der Waals surface area contributed by atoms with E-state index in [0.717, 1.165) is 39.1 Å². The lowest BCUT2D eigenvalue weighted by molar-refractivity contribution is -0.126. The Hall–Kier alpha value is -0.610. The number of hydrogen-bond acceptors (Lipinski definition) is 3. The number of rotatable bonds is 5. The SMILES string of the molecule is CC(C(=O)NCCC1CCCCO1)C1CNC1. The molecule has 0 aromatic rings. The van der Waals surface area contributed by atoms with E-state index < -0.39 is 0 Å². The number of nitrogens with one attached hydrogen (secondary N) is 2. The molecule has 0 aromatic carbocycles. The summed E-state index contributed by atoms with van der Waals surface area (Å²) in [6.45, 7) is 5.65. The summed E-state index contributed by atoms with van der Waals surface area (Å²) < 4.78 is 5.64. The molecular weight excluding hydrogens is 216 g/mol. The summed E-state index contributed by atoms with van der Waals surface area (Å²) in [5.74, 6) is 0.872. The third-order valence-corrected chi connectivity index (χ3v) is 3.97. The minimum atomic E-state index is 0.142. The first-order chi connectivity index (χ1) is 8.27. The zero-order chi connectivity index (χ0) is 12.1. The highest BCUT2D eigenvalue weighted by molar-refractivity contribution is 5.78. The van der Waals surface area contributed by atoms with E-state index in [-0.39, 0.29) is 11.8 Å². The van der Waals surface area contributed by atoms with E-state index in [2.05, 4.69) is 10.6 Å². The van der Waals surface area contributed by atoms with Crippen molar-refractivity contribution in [2.45, 2.75) is 38.7 Å². The van der Waals surface area contributed by atoms with Crippen LogP contribution < -0.4 is 10.6 Å². The number of ether oxygens (including phenoxy) is 1. The average Bonchev–Trinajstić information content (AvgIpc) is 2.28. The maximum Gasteiger partial charge on any atom is 0.223 e. The first-order valence-corrected chi connectivity index (χ1v) is 6.87. The first-order valence-electron chi connectivity index (χ1n) is 6.87. The van der Waals surface area contributed by atoms with E-state index in [1.807, 2.05) is 6.92 Å². The fourth-order valence-electron chi connectivity index (χ4n) is 2.43. The molecule has 0 aromatic heterocycles. The third-order valence-electron chi connectivity index (χ3n) is 3.97. The predicted octanol–water partition coefficient (Wildman–Crippen LogP) is 0.917. The molecule has 0 bridgehead atoms. The molecule has 0 aliphatic carbocycles. The van der Waals surface area contributed by atoms with Gasteiger partial charge >= 0.3 is 0 Å². The van der Waals surface area contributed by atoms with Gasteiger partial charge in [0, 0.05) is 19.1 Å². The van der Waals surface area contributed by atoms with Gasteiger partial charge in [-0.3, -0.25) is 4.79 Å². The van der Waals surface area contributed by atoms with Crippen LogP contribution in [0.4, 0.5) is 0 Å². The van der Waals surface area contributed by atoms with Crippen LogP contribution in [0.3, 0.4) is 0 Å². The molecule has 2 rings (SSSR count). The quantitative estimate of drug-likeness (QED) is 0.751. The highest BCUT2D eigenvalue weighted by Gasteiger charge is 2.28. The Kier molecular flexibility index (Phi) is 4.80. The monoisotopic (exact) mass is 240 g/mol. The highest BCUT2D eigenvalue weighted by atomic mass is 16.5. The number of amides is 1. The lowest BCUT2D eigenvalue weighted by Gasteiger charge is -2.32. The smallest absolute Gasteiger partial charge is 0.223 e. The topological polar surface area (TPSA) is 50.4 Å². The van der Waals surface area contributed by atoms with Gasteiger partial charge in [0.05, 0.1) is 6.10 Å². The minimum absolute atomic E-state index is 0.142. The zero-order valence-corrected chi connectivity index (χ0v) is 10.7. The zero-order valence-electron chi connectivity index (χ0n) is 10.7. The van der Waals surface area contributed by atoms with Gasteiger partial charge in [-0.1, -0.05) is 6.92 Å². The van der Waals surface area contributed by atoms with E-state index in [1.54, 1.807) is 0 Å². The molecule has 4 nitrogen and oxygen atoms in total. The van der Waals surface area contributed by atoms with Crippen LogP contribution in [0.2, 0.25) is 0 Å². The van der Waals surface area contributed by atoms with Crippen LogP contribution in [0.25, 0.3) is 0 Å². The molecule has 2 aliphatic heterocycles. The highest BCUT2D eigenvalue weighted by Crippen LogP contribution is 2.17. The van der Waals surface area contributed by atoms with Crippen LogP contribution in [-0.4, -0.2) is 38.3 Å². The Bertz CT molecular complexity index is 248. The van der Waals surface area contributed by atoms with Crippen LogP contribution in [0.5, 0.6) is 0 Å². The minimum Gasteiger partial charge on any atom is -0.378 e. The second kappa shape index (κ2) is 6.36. The molecule has 2 aliphatic rings. The molecule has 2 N–H and O–H groups in total. The van der Waals surface area contributed by atoms with Gasteiger partial charge in [-0.05, 0) is 44.7 Å². The summed E-state index contributed by atoms with van der Waals surface area (Å²) in [4.78, 5) is 11.8. The molecular formula is C13H24N2O2. The molecule has 98 valence electrons. The lowest BCUT2D eigenvalue weighted by atomic mass is 9.88. The van der Waals surface area contributed by atoms with Crippen molar-refractivity contribution in [2.24, 2.45) is 11.8 Å². The number of carbonyl (C=O) groups is 1. The Morgan fingerprint density at radius 3 is 2.88 bits per heavy atom. The van der Waals surface area contributed by atoms with Crippen LogP contribution >= 0.6 is 0 Å². The Morgan fingerprint density at radius 1 is 1.47 bits per heavy atom. The van der Waals surface area contributed by atoms with E-state index >= 15 is 0 Å². The van der Waals surface area contributed by atoms with Crippen LogP contribution in [0.1, 0.15) is 32.6 Å². The maximum atomic E-state index is 11.8. The Morgan fingerprint density at radius 2 is 2.29 bits per heavy atom.